The highest BCUT2D eigenvalue weighted by Gasteiger charge is 2.06. The van der Waals surface area contributed by atoms with Crippen molar-refractivity contribution in [3.63, 3.8) is 0 Å². The molecule has 0 unspecified atom stereocenters. The molecule has 4 rings (SSSR count). The molecule has 0 saturated carbocycles. The number of hydrogen-bond donors (Lipinski definition) is 0. The number of rotatable bonds is 1. The summed E-state index contributed by atoms with van der Waals surface area (Å²) in [4.78, 5) is 0. The van der Waals surface area contributed by atoms with Gasteiger partial charge in [0.05, 0.1) is 5.52 Å². The van der Waals surface area contributed by atoms with E-state index in [4.69, 9.17) is 0 Å². The molecular formula is C18H12BrN. The zero-order valence-electron chi connectivity index (χ0n) is 10.8. The van der Waals surface area contributed by atoms with Crippen LogP contribution in [-0.2, 0) is 0 Å². The lowest BCUT2D eigenvalue weighted by Crippen LogP contribution is -1.90. The third-order valence-corrected chi connectivity index (χ3v) is 4.23. The van der Waals surface area contributed by atoms with E-state index in [2.05, 4.69) is 93.4 Å². The van der Waals surface area contributed by atoms with Gasteiger partial charge in [0.15, 0.2) is 0 Å². The molecule has 0 N–H and O–H groups in total. The van der Waals surface area contributed by atoms with Gasteiger partial charge < -0.3 is 4.57 Å². The van der Waals surface area contributed by atoms with Crippen molar-refractivity contribution in [2.24, 2.45) is 0 Å². The summed E-state index contributed by atoms with van der Waals surface area (Å²) >= 11 is 3.48. The van der Waals surface area contributed by atoms with Crippen LogP contribution in [0.25, 0.3) is 27.4 Å². The Balaban J connectivity index is 2.02. The zero-order chi connectivity index (χ0) is 13.5. The van der Waals surface area contributed by atoms with Crippen molar-refractivity contribution in [3.8, 4) is 5.69 Å². The molecule has 0 bridgehead atoms. The van der Waals surface area contributed by atoms with Gasteiger partial charge in [0.25, 0.3) is 0 Å². The van der Waals surface area contributed by atoms with E-state index in [1.54, 1.807) is 0 Å². The highest BCUT2D eigenvalue weighted by atomic mass is 79.9. The Kier molecular flexibility index (Phi) is 2.64. The van der Waals surface area contributed by atoms with Crippen LogP contribution in [0.4, 0.5) is 0 Å². The summed E-state index contributed by atoms with van der Waals surface area (Å²) in [7, 11) is 0. The summed E-state index contributed by atoms with van der Waals surface area (Å²) < 4.78 is 3.33. The molecule has 96 valence electrons. The van der Waals surface area contributed by atoms with E-state index in [-0.39, 0.29) is 0 Å². The first-order valence-electron chi connectivity index (χ1n) is 6.58. The van der Waals surface area contributed by atoms with Crippen molar-refractivity contribution in [3.05, 3.63) is 77.4 Å². The van der Waals surface area contributed by atoms with Gasteiger partial charge in [-0.05, 0) is 47.2 Å². The van der Waals surface area contributed by atoms with Crippen molar-refractivity contribution in [2.45, 2.75) is 0 Å². The summed E-state index contributed by atoms with van der Waals surface area (Å²) in [5, 5.41) is 3.89. The molecule has 1 heterocycles. The normalized spacial score (nSPS) is 11.2. The summed E-state index contributed by atoms with van der Waals surface area (Å²) in [6.45, 7) is 0. The van der Waals surface area contributed by atoms with Crippen molar-refractivity contribution < 1.29 is 0 Å². The molecule has 1 aromatic heterocycles. The van der Waals surface area contributed by atoms with E-state index >= 15 is 0 Å². The van der Waals surface area contributed by atoms with Gasteiger partial charge >= 0.3 is 0 Å². The molecule has 4 aromatic rings. The van der Waals surface area contributed by atoms with Gasteiger partial charge in [0.2, 0.25) is 0 Å². The third kappa shape index (κ3) is 1.76. The van der Waals surface area contributed by atoms with Crippen LogP contribution in [0, 0.1) is 0 Å². The van der Waals surface area contributed by atoms with E-state index in [0.29, 0.717) is 0 Å². The third-order valence-electron chi connectivity index (χ3n) is 3.70. The maximum atomic E-state index is 3.48. The molecule has 0 spiro atoms. The molecule has 0 amide bonds. The minimum Gasteiger partial charge on any atom is -0.317 e. The lowest BCUT2D eigenvalue weighted by molar-refractivity contribution is 1.13. The standard InChI is InChI=1S/C18H12BrN/c19-14-6-8-15(9-7-14)20-12-11-17-16-4-2-1-3-13(16)5-10-18(17)20/h1-12H. The van der Waals surface area contributed by atoms with Crippen LogP contribution in [-0.4, -0.2) is 4.57 Å². The largest absolute Gasteiger partial charge is 0.317 e. The first kappa shape index (κ1) is 11.7. The minimum atomic E-state index is 1.10. The maximum Gasteiger partial charge on any atom is 0.0534 e. The zero-order valence-corrected chi connectivity index (χ0v) is 12.3. The Bertz CT molecular complexity index is 904. The Morgan fingerprint density at radius 2 is 1.50 bits per heavy atom. The topological polar surface area (TPSA) is 4.93 Å². The molecule has 20 heavy (non-hydrogen) atoms. The molecule has 0 aliphatic rings. The van der Waals surface area contributed by atoms with E-state index in [1.165, 1.54) is 27.4 Å². The number of benzene rings is 3. The fourth-order valence-corrected chi connectivity index (χ4v) is 2.99. The van der Waals surface area contributed by atoms with Gasteiger partial charge in [-0.25, -0.2) is 0 Å². The van der Waals surface area contributed by atoms with Crippen LogP contribution < -0.4 is 0 Å². The fraction of sp³-hybridized carbons (Fsp3) is 0. The number of aromatic nitrogens is 1. The molecule has 3 aromatic carbocycles. The Morgan fingerprint density at radius 3 is 2.35 bits per heavy atom. The second-order valence-electron chi connectivity index (χ2n) is 4.88. The van der Waals surface area contributed by atoms with Crippen LogP contribution in [0.5, 0.6) is 0 Å². The predicted molar refractivity (Wildman–Crippen MR) is 88.5 cm³/mol. The van der Waals surface area contributed by atoms with Crippen molar-refractivity contribution >= 4 is 37.6 Å². The monoisotopic (exact) mass is 321 g/mol. The molecule has 1 nitrogen and oxygen atoms in total. The quantitative estimate of drug-likeness (QED) is 0.433. The highest BCUT2D eigenvalue weighted by Crippen LogP contribution is 2.28. The van der Waals surface area contributed by atoms with Crippen LogP contribution in [0.3, 0.4) is 0 Å². The van der Waals surface area contributed by atoms with E-state index in [1.807, 2.05) is 0 Å². The minimum absolute atomic E-state index is 1.10. The first-order chi connectivity index (χ1) is 9.83. The molecule has 0 atom stereocenters. The van der Waals surface area contributed by atoms with E-state index < -0.39 is 0 Å². The SMILES string of the molecule is Brc1ccc(-n2ccc3c4ccccc4ccc32)cc1. The number of halogens is 1. The number of nitrogens with zero attached hydrogens (tertiary/aromatic N) is 1. The summed E-state index contributed by atoms with van der Waals surface area (Å²) in [5.74, 6) is 0. The van der Waals surface area contributed by atoms with Gasteiger partial charge in [0.1, 0.15) is 0 Å². The molecule has 0 saturated heterocycles. The van der Waals surface area contributed by atoms with Crippen LogP contribution in [0.15, 0.2) is 77.4 Å². The van der Waals surface area contributed by atoms with Gasteiger partial charge in [-0.1, -0.05) is 46.3 Å². The lowest BCUT2D eigenvalue weighted by atomic mass is 10.1. The summed E-state index contributed by atoms with van der Waals surface area (Å²) in [6.07, 6.45) is 2.14. The van der Waals surface area contributed by atoms with Crippen molar-refractivity contribution in [2.75, 3.05) is 0 Å². The van der Waals surface area contributed by atoms with Gasteiger partial charge in [-0.3, -0.25) is 0 Å². The summed E-state index contributed by atoms with van der Waals surface area (Å²) in [5.41, 5.74) is 2.42. The van der Waals surface area contributed by atoms with Crippen molar-refractivity contribution in [1.82, 2.24) is 4.57 Å². The smallest absolute Gasteiger partial charge is 0.0534 e. The molecule has 0 aliphatic heterocycles. The maximum absolute atomic E-state index is 3.48. The van der Waals surface area contributed by atoms with E-state index in [9.17, 15) is 0 Å². The second kappa shape index (κ2) is 4.50. The van der Waals surface area contributed by atoms with Crippen molar-refractivity contribution in [1.29, 1.82) is 0 Å². The second-order valence-corrected chi connectivity index (χ2v) is 5.80. The average molecular weight is 322 g/mol. The number of hydrogen-bond acceptors (Lipinski definition) is 0. The Morgan fingerprint density at radius 1 is 0.700 bits per heavy atom. The van der Waals surface area contributed by atoms with Crippen LogP contribution >= 0.6 is 15.9 Å². The predicted octanol–water partition coefficient (Wildman–Crippen LogP) is 5.55. The highest BCUT2D eigenvalue weighted by molar-refractivity contribution is 9.10. The average Bonchev–Trinajstić information content (AvgIpc) is 2.92. The molecule has 0 radical (unpaired) electrons. The molecular weight excluding hydrogens is 310 g/mol. The van der Waals surface area contributed by atoms with Gasteiger partial charge in [0, 0.05) is 21.7 Å². The summed E-state index contributed by atoms with van der Waals surface area (Å²) in [6, 6.07) is 23.5. The van der Waals surface area contributed by atoms with Crippen LogP contribution in [0.1, 0.15) is 0 Å². The molecule has 0 aliphatic carbocycles. The van der Waals surface area contributed by atoms with Gasteiger partial charge in [-0.2, -0.15) is 0 Å². The molecule has 2 heteroatoms. The fourth-order valence-electron chi connectivity index (χ4n) is 2.73. The lowest BCUT2D eigenvalue weighted by Gasteiger charge is -2.06. The first-order valence-corrected chi connectivity index (χ1v) is 7.37. The Hall–Kier alpha value is -2.06. The van der Waals surface area contributed by atoms with Crippen LogP contribution in [0.2, 0.25) is 0 Å². The number of fused-ring (bicyclic) bond motifs is 3. The Labute approximate surface area is 125 Å². The van der Waals surface area contributed by atoms with Gasteiger partial charge in [-0.15, -0.1) is 0 Å². The van der Waals surface area contributed by atoms with E-state index in [0.717, 1.165) is 4.47 Å². The molecule has 0 fully saturated rings.